The summed E-state index contributed by atoms with van der Waals surface area (Å²) in [7, 11) is 0. The number of anilines is 2. The van der Waals surface area contributed by atoms with Crippen molar-refractivity contribution in [2.75, 3.05) is 10.7 Å². The average Bonchev–Trinajstić information content (AvgIpc) is 2.49. The molecule has 0 aliphatic carbocycles. The fourth-order valence-electron chi connectivity index (χ4n) is 2.12. The first-order valence-corrected chi connectivity index (χ1v) is 6.89. The molecule has 0 unspecified atom stereocenters. The van der Waals surface area contributed by atoms with Gasteiger partial charge in [0.15, 0.2) is 0 Å². The van der Waals surface area contributed by atoms with E-state index in [0.717, 1.165) is 28.9 Å². The van der Waals surface area contributed by atoms with Gasteiger partial charge in [-0.2, -0.15) is 0 Å². The average molecular weight is 284 g/mol. The molecule has 0 saturated heterocycles. The Labute approximate surface area is 124 Å². The predicted molar refractivity (Wildman–Crippen MR) is 85.3 cm³/mol. The van der Waals surface area contributed by atoms with Crippen LogP contribution in [0.3, 0.4) is 0 Å². The number of hydrogen-bond donors (Lipinski definition) is 3. The van der Waals surface area contributed by atoms with E-state index in [2.05, 4.69) is 15.7 Å². The number of nitrogen functional groups attached to an aromatic ring is 1. The molecule has 2 aromatic rings. The van der Waals surface area contributed by atoms with Crippen molar-refractivity contribution in [2.45, 2.75) is 27.2 Å². The second-order valence-electron chi connectivity index (χ2n) is 5.00. The summed E-state index contributed by atoms with van der Waals surface area (Å²) in [5.74, 6) is 5.71. The minimum absolute atomic E-state index is 0.171. The van der Waals surface area contributed by atoms with E-state index in [0.29, 0.717) is 11.4 Å². The topological polar surface area (TPSA) is 80.0 Å². The first kappa shape index (κ1) is 15.0. The molecule has 0 fully saturated rings. The monoisotopic (exact) mass is 284 g/mol. The zero-order valence-corrected chi connectivity index (χ0v) is 12.5. The largest absolute Gasteiger partial charge is 0.322 e. The lowest BCUT2D eigenvalue weighted by Gasteiger charge is -2.11. The number of nitrogens with two attached hydrogens (primary N) is 1. The molecule has 0 bridgehead atoms. The molecule has 2 rings (SSSR count). The summed E-state index contributed by atoms with van der Waals surface area (Å²) >= 11 is 0. The number of nitrogens with one attached hydrogen (secondary N) is 2. The van der Waals surface area contributed by atoms with Gasteiger partial charge in [0.05, 0.1) is 0 Å². The molecular weight excluding hydrogens is 264 g/mol. The van der Waals surface area contributed by atoms with Gasteiger partial charge in [-0.3, -0.25) is 4.79 Å². The number of pyridine rings is 1. The Morgan fingerprint density at radius 1 is 1.24 bits per heavy atom. The van der Waals surface area contributed by atoms with Gasteiger partial charge in [0.1, 0.15) is 5.82 Å². The van der Waals surface area contributed by atoms with Gasteiger partial charge in [0.2, 0.25) is 0 Å². The Balaban J connectivity index is 2.27. The fraction of sp³-hybridized carbons (Fsp3) is 0.250. The summed E-state index contributed by atoms with van der Waals surface area (Å²) in [6.07, 6.45) is 0.735. The highest BCUT2D eigenvalue weighted by Gasteiger charge is 2.10. The van der Waals surface area contributed by atoms with Crippen molar-refractivity contribution >= 4 is 17.4 Å². The van der Waals surface area contributed by atoms with Crippen LogP contribution in [0.15, 0.2) is 30.3 Å². The Bertz CT molecular complexity index is 645. The van der Waals surface area contributed by atoms with Crippen LogP contribution >= 0.6 is 0 Å². The van der Waals surface area contributed by atoms with Crippen LogP contribution in [0.1, 0.15) is 34.1 Å². The Morgan fingerprint density at radius 2 is 2.00 bits per heavy atom. The highest BCUT2D eigenvalue weighted by atomic mass is 16.1. The van der Waals surface area contributed by atoms with Crippen LogP contribution in [0, 0.1) is 13.8 Å². The third kappa shape index (κ3) is 3.58. The highest BCUT2D eigenvalue weighted by Crippen LogP contribution is 2.18. The summed E-state index contributed by atoms with van der Waals surface area (Å²) in [5, 5.41) is 2.92. The van der Waals surface area contributed by atoms with Crippen molar-refractivity contribution in [1.82, 2.24) is 4.98 Å². The molecule has 0 aliphatic heterocycles. The minimum atomic E-state index is -0.171. The summed E-state index contributed by atoms with van der Waals surface area (Å²) in [4.78, 5) is 16.7. The molecule has 1 heterocycles. The van der Waals surface area contributed by atoms with E-state index in [1.54, 1.807) is 12.1 Å². The van der Waals surface area contributed by atoms with Crippen molar-refractivity contribution in [2.24, 2.45) is 5.84 Å². The SMILES string of the molecule is CCc1cc(C(=O)Nc2ccc(C)cc2C)cc(NN)n1. The second-order valence-corrected chi connectivity index (χ2v) is 5.00. The van der Waals surface area contributed by atoms with Crippen LogP contribution in [0.25, 0.3) is 0 Å². The van der Waals surface area contributed by atoms with Crippen LogP contribution < -0.4 is 16.6 Å². The van der Waals surface area contributed by atoms with E-state index in [1.807, 2.05) is 39.0 Å². The maximum Gasteiger partial charge on any atom is 0.255 e. The normalized spacial score (nSPS) is 10.3. The molecule has 5 heteroatoms. The first-order chi connectivity index (χ1) is 10.0. The smallest absolute Gasteiger partial charge is 0.255 e. The quantitative estimate of drug-likeness (QED) is 0.596. The van der Waals surface area contributed by atoms with Crippen molar-refractivity contribution in [3.63, 3.8) is 0 Å². The first-order valence-electron chi connectivity index (χ1n) is 6.89. The fourth-order valence-corrected chi connectivity index (χ4v) is 2.12. The van der Waals surface area contributed by atoms with Gasteiger partial charge in [-0.05, 0) is 44.0 Å². The lowest BCUT2D eigenvalue weighted by atomic mass is 10.1. The molecule has 5 nitrogen and oxygen atoms in total. The maximum atomic E-state index is 12.4. The standard InChI is InChI=1S/C16H20N4O/c1-4-13-8-12(9-15(18-13)20-17)16(21)19-14-6-5-10(2)7-11(14)3/h5-9H,4,17H2,1-3H3,(H,18,20)(H,19,21). The zero-order chi connectivity index (χ0) is 15.4. The zero-order valence-electron chi connectivity index (χ0n) is 12.5. The van der Waals surface area contributed by atoms with Gasteiger partial charge >= 0.3 is 0 Å². The minimum Gasteiger partial charge on any atom is -0.322 e. The highest BCUT2D eigenvalue weighted by molar-refractivity contribution is 6.05. The van der Waals surface area contributed by atoms with Crippen LogP contribution in [-0.2, 0) is 6.42 Å². The third-order valence-corrected chi connectivity index (χ3v) is 3.28. The van der Waals surface area contributed by atoms with E-state index in [-0.39, 0.29) is 5.91 Å². The van der Waals surface area contributed by atoms with Gasteiger partial charge in [-0.25, -0.2) is 10.8 Å². The van der Waals surface area contributed by atoms with E-state index < -0.39 is 0 Å². The molecule has 0 aliphatic rings. The summed E-state index contributed by atoms with van der Waals surface area (Å²) in [6, 6.07) is 9.33. The number of hydrogen-bond acceptors (Lipinski definition) is 4. The molecule has 0 radical (unpaired) electrons. The number of aryl methyl sites for hydroxylation is 3. The number of hydrazine groups is 1. The lowest BCUT2D eigenvalue weighted by molar-refractivity contribution is 0.102. The molecule has 21 heavy (non-hydrogen) atoms. The van der Waals surface area contributed by atoms with Crippen LogP contribution in [-0.4, -0.2) is 10.9 Å². The van der Waals surface area contributed by atoms with Crippen molar-refractivity contribution in [1.29, 1.82) is 0 Å². The predicted octanol–water partition coefficient (Wildman–Crippen LogP) is 2.80. The van der Waals surface area contributed by atoms with E-state index in [4.69, 9.17) is 5.84 Å². The van der Waals surface area contributed by atoms with Crippen LogP contribution in [0.5, 0.6) is 0 Å². The number of rotatable bonds is 4. The summed E-state index contributed by atoms with van der Waals surface area (Å²) in [5.41, 5.74) is 6.85. The third-order valence-electron chi connectivity index (χ3n) is 3.28. The maximum absolute atomic E-state index is 12.4. The molecule has 1 aromatic carbocycles. The van der Waals surface area contributed by atoms with Crippen LogP contribution in [0.2, 0.25) is 0 Å². The Hall–Kier alpha value is -2.40. The molecule has 1 aromatic heterocycles. The number of carbonyl (C=O) groups is 1. The molecular formula is C16H20N4O. The van der Waals surface area contributed by atoms with E-state index >= 15 is 0 Å². The summed E-state index contributed by atoms with van der Waals surface area (Å²) < 4.78 is 0. The number of aromatic nitrogens is 1. The number of benzene rings is 1. The van der Waals surface area contributed by atoms with Crippen molar-refractivity contribution in [3.8, 4) is 0 Å². The van der Waals surface area contributed by atoms with Gasteiger partial charge < -0.3 is 10.7 Å². The molecule has 0 saturated carbocycles. The Morgan fingerprint density at radius 3 is 2.62 bits per heavy atom. The summed E-state index contributed by atoms with van der Waals surface area (Å²) in [6.45, 7) is 5.97. The van der Waals surface area contributed by atoms with Crippen molar-refractivity contribution < 1.29 is 4.79 Å². The number of amides is 1. The lowest BCUT2D eigenvalue weighted by Crippen LogP contribution is -2.16. The second kappa shape index (κ2) is 6.37. The van der Waals surface area contributed by atoms with Gasteiger partial charge in [0, 0.05) is 16.9 Å². The van der Waals surface area contributed by atoms with E-state index in [1.165, 1.54) is 0 Å². The molecule has 1 amide bonds. The van der Waals surface area contributed by atoms with Gasteiger partial charge in [-0.1, -0.05) is 24.6 Å². The molecule has 4 N–H and O–H groups in total. The molecule has 0 atom stereocenters. The molecule has 110 valence electrons. The van der Waals surface area contributed by atoms with Gasteiger partial charge in [-0.15, -0.1) is 0 Å². The number of nitrogens with zero attached hydrogens (tertiary/aromatic N) is 1. The van der Waals surface area contributed by atoms with Gasteiger partial charge in [0.25, 0.3) is 5.91 Å². The Kier molecular flexibility index (Phi) is 4.55. The molecule has 0 spiro atoms. The van der Waals surface area contributed by atoms with E-state index in [9.17, 15) is 4.79 Å². The van der Waals surface area contributed by atoms with Crippen LogP contribution in [0.4, 0.5) is 11.5 Å². The van der Waals surface area contributed by atoms with Crippen molar-refractivity contribution in [3.05, 3.63) is 52.7 Å². The number of carbonyl (C=O) groups excluding carboxylic acids is 1.